The minimum Gasteiger partial charge on any atom is -0.435 e. The highest BCUT2D eigenvalue weighted by Gasteiger charge is 2.20. The molecule has 3 rings (SSSR count). The zero-order valence-electron chi connectivity index (χ0n) is 15.6. The highest BCUT2D eigenvalue weighted by molar-refractivity contribution is 5.64. The van der Waals surface area contributed by atoms with Crippen LogP contribution in [0, 0.1) is 5.92 Å². The molecule has 1 aliphatic carbocycles. The SMILES string of the molecule is COCC=CC1CCC(c2ccc(-c3ccc(OC(F)F)cc3)cc2)CC1. The van der Waals surface area contributed by atoms with E-state index in [1.165, 1.54) is 31.2 Å². The average molecular weight is 372 g/mol. The van der Waals surface area contributed by atoms with E-state index in [1.807, 2.05) is 12.1 Å². The van der Waals surface area contributed by atoms with Gasteiger partial charge in [-0.15, -0.1) is 0 Å². The number of hydrogen-bond acceptors (Lipinski definition) is 2. The smallest absolute Gasteiger partial charge is 0.387 e. The summed E-state index contributed by atoms with van der Waals surface area (Å²) in [6.45, 7) is -2.10. The fraction of sp³-hybridized carbons (Fsp3) is 0.391. The van der Waals surface area contributed by atoms with E-state index in [4.69, 9.17) is 4.74 Å². The molecule has 0 aliphatic heterocycles. The Balaban J connectivity index is 1.58. The van der Waals surface area contributed by atoms with Crippen molar-refractivity contribution < 1.29 is 18.3 Å². The van der Waals surface area contributed by atoms with Crippen LogP contribution in [-0.2, 0) is 4.74 Å². The highest BCUT2D eigenvalue weighted by Crippen LogP contribution is 2.37. The van der Waals surface area contributed by atoms with E-state index in [0.29, 0.717) is 18.4 Å². The van der Waals surface area contributed by atoms with Crippen molar-refractivity contribution in [2.24, 2.45) is 5.92 Å². The molecule has 0 aromatic heterocycles. The van der Waals surface area contributed by atoms with E-state index < -0.39 is 6.61 Å². The first-order valence-corrected chi connectivity index (χ1v) is 9.46. The molecule has 0 bridgehead atoms. The normalized spacial score (nSPS) is 20.3. The highest BCUT2D eigenvalue weighted by atomic mass is 19.3. The van der Waals surface area contributed by atoms with Crippen molar-refractivity contribution in [2.45, 2.75) is 38.2 Å². The maximum absolute atomic E-state index is 12.2. The van der Waals surface area contributed by atoms with Crippen LogP contribution < -0.4 is 4.74 Å². The second kappa shape index (κ2) is 9.65. The summed E-state index contributed by atoms with van der Waals surface area (Å²) in [7, 11) is 1.72. The van der Waals surface area contributed by atoms with Crippen LogP contribution >= 0.6 is 0 Å². The van der Waals surface area contributed by atoms with Gasteiger partial charge >= 0.3 is 6.61 Å². The lowest BCUT2D eigenvalue weighted by Gasteiger charge is -2.27. The van der Waals surface area contributed by atoms with Crippen molar-refractivity contribution >= 4 is 0 Å². The topological polar surface area (TPSA) is 18.5 Å². The first-order chi connectivity index (χ1) is 13.2. The molecular weight excluding hydrogens is 346 g/mol. The molecule has 0 heterocycles. The fourth-order valence-electron chi connectivity index (χ4n) is 3.77. The van der Waals surface area contributed by atoms with Gasteiger partial charge < -0.3 is 9.47 Å². The predicted octanol–water partition coefficient (Wildman–Crippen LogP) is 6.43. The lowest BCUT2D eigenvalue weighted by molar-refractivity contribution is -0.0498. The number of methoxy groups -OCH3 is 1. The van der Waals surface area contributed by atoms with E-state index in [2.05, 4.69) is 41.2 Å². The van der Waals surface area contributed by atoms with Crippen LogP contribution in [0.2, 0.25) is 0 Å². The molecule has 0 radical (unpaired) electrons. The minimum atomic E-state index is -2.79. The molecular formula is C23H26F2O2. The Hall–Kier alpha value is -2.20. The van der Waals surface area contributed by atoms with Crippen molar-refractivity contribution in [3.05, 3.63) is 66.2 Å². The van der Waals surface area contributed by atoms with E-state index in [0.717, 1.165) is 11.1 Å². The summed E-state index contributed by atoms with van der Waals surface area (Å²) in [4.78, 5) is 0. The molecule has 2 aromatic rings. The summed E-state index contributed by atoms with van der Waals surface area (Å²) in [6, 6.07) is 15.4. The number of ether oxygens (including phenoxy) is 2. The summed E-state index contributed by atoms with van der Waals surface area (Å²) in [6.07, 6.45) is 9.28. The van der Waals surface area contributed by atoms with Gasteiger partial charge in [0.2, 0.25) is 0 Å². The van der Waals surface area contributed by atoms with E-state index in [1.54, 1.807) is 19.2 Å². The monoisotopic (exact) mass is 372 g/mol. The second-order valence-corrected chi connectivity index (χ2v) is 7.02. The Bertz CT molecular complexity index is 715. The first-order valence-electron chi connectivity index (χ1n) is 9.46. The van der Waals surface area contributed by atoms with E-state index in [9.17, 15) is 8.78 Å². The van der Waals surface area contributed by atoms with Gasteiger partial charge in [-0.2, -0.15) is 8.78 Å². The molecule has 2 nitrogen and oxygen atoms in total. The molecule has 0 atom stereocenters. The van der Waals surface area contributed by atoms with Crippen molar-refractivity contribution in [1.82, 2.24) is 0 Å². The maximum Gasteiger partial charge on any atom is 0.387 e. The number of hydrogen-bond donors (Lipinski definition) is 0. The Morgan fingerprint density at radius 3 is 2.07 bits per heavy atom. The predicted molar refractivity (Wildman–Crippen MR) is 104 cm³/mol. The van der Waals surface area contributed by atoms with Crippen molar-refractivity contribution in [1.29, 1.82) is 0 Å². The molecule has 0 amide bonds. The minimum absolute atomic E-state index is 0.182. The molecule has 0 saturated heterocycles. The van der Waals surface area contributed by atoms with Crippen molar-refractivity contribution in [3.63, 3.8) is 0 Å². The Morgan fingerprint density at radius 1 is 0.926 bits per heavy atom. The van der Waals surface area contributed by atoms with Gasteiger partial charge in [0.15, 0.2) is 0 Å². The number of alkyl halides is 2. The molecule has 27 heavy (non-hydrogen) atoms. The summed E-state index contributed by atoms with van der Waals surface area (Å²) < 4.78 is 33.9. The van der Waals surface area contributed by atoms with E-state index in [-0.39, 0.29) is 5.75 Å². The molecule has 1 fully saturated rings. The standard InChI is InChI=1S/C23H26F2O2/c1-26-16-2-3-17-4-6-18(7-5-17)19-8-10-20(11-9-19)21-12-14-22(15-13-21)27-23(24)25/h2-3,8-15,17-18,23H,4-7,16H2,1H3. The second-order valence-electron chi connectivity index (χ2n) is 7.02. The van der Waals surface area contributed by atoms with Crippen molar-refractivity contribution in [2.75, 3.05) is 13.7 Å². The zero-order valence-corrected chi connectivity index (χ0v) is 15.6. The van der Waals surface area contributed by atoms with Crippen LogP contribution in [0.25, 0.3) is 11.1 Å². The summed E-state index contributed by atoms with van der Waals surface area (Å²) in [5.74, 6) is 1.47. The van der Waals surface area contributed by atoms with Gasteiger partial charge in [-0.3, -0.25) is 0 Å². The third kappa shape index (κ3) is 5.64. The number of halogens is 2. The molecule has 144 valence electrons. The van der Waals surface area contributed by atoms with Crippen LogP contribution in [0.15, 0.2) is 60.7 Å². The van der Waals surface area contributed by atoms with Gasteiger partial charge in [-0.05, 0) is 66.3 Å². The van der Waals surface area contributed by atoms with Crippen LogP contribution in [-0.4, -0.2) is 20.3 Å². The van der Waals surface area contributed by atoms with Gasteiger partial charge in [0.25, 0.3) is 0 Å². The molecule has 0 N–H and O–H groups in total. The third-order valence-corrected chi connectivity index (χ3v) is 5.24. The quantitative estimate of drug-likeness (QED) is 0.521. The molecule has 4 heteroatoms. The van der Waals surface area contributed by atoms with Gasteiger partial charge in [-0.25, -0.2) is 0 Å². The molecule has 1 saturated carbocycles. The fourth-order valence-corrected chi connectivity index (χ4v) is 3.77. The lowest BCUT2D eigenvalue weighted by Crippen LogP contribution is -2.11. The van der Waals surface area contributed by atoms with Crippen LogP contribution in [0.5, 0.6) is 5.75 Å². The van der Waals surface area contributed by atoms with E-state index >= 15 is 0 Å². The van der Waals surface area contributed by atoms with Gasteiger partial charge in [0.05, 0.1) is 6.61 Å². The molecule has 1 aliphatic rings. The van der Waals surface area contributed by atoms with Gasteiger partial charge in [-0.1, -0.05) is 48.6 Å². The zero-order chi connectivity index (χ0) is 19.1. The Labute approximate surface area is 159 Å². The summed E-state index contributed by atoms with van der Waals surface area (Å²) in [5.41, 5.74) is 3.46. The van der Waals surface area contributed by atoms with Gasteiger partial charge in [0, 0.05) is 7.11 Å². The number of allylic oxidation sites excluding steroid dienone is 1. The maximum atomic E-state index is 12.2. The molecule has 0 unspecified atom stereocenters. The largest absolute Gasteiger partial charge is 0.435 e. The Morgan fingerprint density at radius 2 is 1.52 bits per heavy atom. The summed E-state index contributed by atoms with van der Waals surface area (Å²) in [5, 5.41) is 0. The first kappa shape index (κ1) is 19.6. The molecule has 2 aromatic carbocycles. The van der Waals surface area contributed by atoms with Crippen LogP contribution in [0.3, 0.4) is 0 Å². The molecule has 0 spiro atoms. The number of benzene rings is 2. The van der Waals surface area contributed by atoms with Crippen LogP contribution in [0.1, 0.15) is 37.2 Å². The number of rotatable bonds is 7. The Kier molecular flexibility index (Phi) is 6.99. The third-order valence-electron chi connectivity index (χ3n) is 5.24. The summed E-state index contributed by atoms with van der Waals surface area (Å²) >= 11 is 0. The van der Waals surface area contributed by atoms with Crippen molar-refractivity contribution in [3.8, 4) is 16.9 Å². The average Bonchev–Trinajstić information content (AvgIpc) is 2.69. The van der Waals surface area contributed by atoms with Crippen LogP contribution in [0.4, 0.5) is 8.78 Å². The lowest BCUT2D eigenvalue weighted by atomic mass is 9.78. The van der Waals surface area contributed by atoms with Gasteiger partial charge in [0.1, 0.15) is 5.75 Å².